The summed E-state index contributed by atoms with van der Waals surface area (Å²) in [6.07, 6.45) is 0.638. The normalized spacial score (nSPS) is 10.1. The van der Waals surface area contributed by atoms with Crippen molar-refractivity contribution in [1.29, 1.82) is 0 Å². The number of carboxylic acids is 1. The van der Waals surface area contributed by atoms with Gasteiger partial charge in [0.25, 0.3) is 0 Å². The molecule has 2 aromatic rings. The Morgan fingerprint density at radius 1 is 1.19 bits per heavy atom. The molecule has 0 heterocycles. The molecule has 5 nitrogen and oxygen atoms in total. The van der Waals surface area contributed by atoms with Gasteiger partial charge in [-0.2, -0.15) is 0 Å². The van der Waals surface area contributed by atoms with Crippen LogP contribution in [0.3, 0.4) is 0 Å². The van der Waals surface area contributed by atoms with E-state index in [0.29, 0.717) is 12.1 Å². The van der Waals surface area contributed by atoms with Gasteiger partial charge in [0, 0.05) is 0 Å². The molecular weight excluding hydrogens is 270 g/mol. The molecule has 0 unspecified atom stereocenters. The fraction of sp³-hybridized carbons (Fsp3) is 0.125. The van der Waals surface area contributed by atoms with E-state index in [4.69, 9.17) is 5.11 Å². The first-order valence-electron chi connectivity index (χ1n) is 6.35. The van der Waals surface area contributed by atoms with Crippen molar-refractivity contribution < 1.29 is 19.8 Å². The van der Waals surface area contributed by atoms with Gasteiger partial charge in [-0.1, -0.05) is 18.2 Å². The van der Waals surface area contributed by atoms with E-state index in [1.54, 1.807) is 24.3 Å². The van der Waals surface area contributed by atoms with E-state index in [0.717, 1.165) is 11.1 Å². The largest absolute Gasteiger partial charge is 0.506 e. The fourth-order valence-corrected chi connectivity index (χ4v) is 1.99. The number of aromatic carboxylic acids is 1. The summed E-state index contributed by atoms with van der Waals surface area (Å²) in [6.45, 7) is 2.12. The number of anilines is 1. The Labute approximate surface area is 122 Å². The summed E-state index contributed by atoms with van der Waals surface area (Å²) >= 11 is 0. The van der Waals surface area contributed by atoms with E-state index in [1.807, 2.05) is 6.92 Å². The minimum Gasteiger partial charge on any atom is -0.506 e. The van der Waals surface area contributed by atoms with Crippen LogP contribution in [0.4, 0.5) is 5.69 Å². The quantitative estimate of drug-likeness (QED) is 0.828. The molecule has 0 aliphatic heterocycles. The van der Waals surface area contributed by atoms with Crippen molar-refractivity contribution in [3.05, 3.63) is 59.2 Å². The van der Waals surface area contributed by atoms with Crippen LogP contribution in [0.2, 0.25) is 0 Å². The van der Waals surface area contributed by atoms with Gasteiger partial charge in [-0.25, -0.2) is 4.79 Å². The molecule has 0 fully saturated rings. The number of carbonyl (C=O) groups excluding carboxylic acids is 1. The molecule has 108 valence electrons. The average Bonchev–Trinajstić information content (AvgIpc) is 2.48. The highest BCUT2D eigenvalue weighted by Crippen LogP contribution is 2.28. The molecule has 2 rings (SSSR count). The number of benzene rings is 2. The highest BCUT2D eigenvalue weighted by molar-refractivity contribution is 5.87. The van der Waals surface area contributed by atoms with Crippen LogP contribution in [0, 0.1) is 6.92 Å². The van der Waals surface area contributed by atoms with Gasteiger partial charge >= 0.3 is 5.97 Å². The van der Waals surface area contributed by atoms with Crippen molar-refractivity contribution in [3.8, 4) is 5.75 Å². The lowest BCUT2D eigenvalue weighted by Gasteiger charge is -2.19. The molecule has 0 aromatic heterocycles. The second-order valence-electron chi connectivity index (χ2n) is 4.73. The molecule has 21 heavy (non-hydrogen) atoms. The lowest BCUT2D eigenvalue weighted by atomic mass is 10.1. The number of hydrogen-bond donors (Lipinski definition) is 2. The predicted octanol–water partition coefficient (Wildman–Crippen LogP) is 2.56. The van der Waals surface area contributed by atoms with Crippen molar-refractivity contribution in [2.45, 2.75) is 13.5 Å². The van der Waals surface area contributed by atoms with Crippen molar-refractivity contribution in [3.63, 3.8) is 0 Å². The molecule has 2 aromatic carbocycles. The molecule has 0 aliphatic carbocycles. The van der Waals surface area contributed by atoms with Crippen LogP contribution in [0.25, 0.3) is 0 Å². The van der Waals surface area contributed by atoms with E-state index >= 15 is 0 Å². The summed E-state index contributed by atoms with van der Waals surface area (Å²) < 4.78 is 0. The van der Waals surface area contributed by atoms with Crippen molar-refractivity contribution in [2.24, 2.45) is 0 Å². The van der Waals surface area contributed by atoms with Crippen LogP contribution in [0.5, 0.6) is 5.75 Å². The maximum absolute atomic E-state index is 11.3. The molecule has 0 aliphatic rings. The Morgan fingerprint density at radius 2 is 1.86 bits per heavy atom. The molecule has 0 atom stereocenters. The van der Waals surface area contributed by atoms with Crippen LogP contribution < -0.4 is 4.90 Å². The average molecular weight is 285 g/mol. The number of hydrogen-bond acceptors (Lipinski definition) is 3. The van der Waals surface area contributed by atoms with Gasteiger partial charge in [-0.15, -0.1) is 0 Å². The van der Waals surface area contributed by atoms with Gasteiger partial charge in [0.05, 0.1) is 17.8 Å². The molecule has 0 spiro atoms. The van der Waals surface area contributed by atoms with E-state index in [2.05, 4.69) is 0 Å². The molecule has 5 heteroatoms. The summed E-state index contributed by atoms with van der Waals surface area (Å²) in [5.74, 6) is -0.972. The summed E-state index contributed by atoms with van der Waals surface area (Å²) in [4.78, 5) is 23.4. The lowest BCUT2D eigenvalue weighted by Crippen LogP contribution is -2.20. The van der Waals surface area contributed by atoms with Crippen LogP contribution in [0.1, 0.15) is 21.5 Å². The zero-order chi connectivity index (χ0) is 15.4. The number of aryl methyl sites for hydroxylation is 1. The Bertz CT molecular complexity index is 664. The van der Waals surface area contributed by atoms with Crippen LogP contribution in [-0.2, 0) is 11.3 Å². The van der Waals surface area contributed by atoms with E-state index in [1.165, 1.54) is 23.1 Å². The van der Waals surface area contributed by atoms with Crippen molar-refractivity contribution in [1.82, 2.24) is 0 Å². The number of carbonyl (C=O) groups is 2. The number of nitrogens with zero attached hydrogens (tertiary/aromatic N) is 1. The number of carboxylic acid groups (broad SMARTS) is 1. The number of aromatic hydroxyl groups is 1. The Hall–Kier alpha value is -2.82. The minimum atomic E-state index is -0.995. The van der Waals surface area contributed by atoms with Gasteiger partial charge in [-0.3, -0.25) is 4.79 Å². The van der Waals surface area contributed by atoms with E-state index in [-0.39, 0.29) is 17.9 Å². The number of phenols is 1. The van der Waals surface area contributed by atoms with Gasteiger partial charge in [-0.05, 0) is 42.3 Å². The van der Waals surface area contributed by atoms with Crippen molar-refractivity contribution >= 4 is 18.1 Å². The number of amides is 1. The second kappa shape index (κ2) is 6.09. The van der Waals surface area contributed by atoms with Gasteiger partial charge in [0.1, 0.15) is 5.75 Å². The second-order valence-corrected chi connectivity index (χ2v) is 4.73. The third-order valence-corrected chi connectivity index (χ3v) is 3.12. The first-order valence-corrected chi connectivity index (χ1v) is 6.35. The Balaban J connectivity index is 2.24. The van der Waals surface area contributed by atoms with E-state index < -0.39 is 5.97 Å². The first-order chi connectivity index (χ1) is 10.0. The molecule has 0 saturated heterocycles. The highest BCUT2D eigenvalue weighted by Gasteiger charge is 2.11. The summed E-state index contributed by atoms with van der Waals surface area (Å²) in [6, 6.07) is 11.3. The summed E-state index contributed by atoms with van der Waals surface area (Å²) in [5, 5.41) is 18.7. The highest BCUT2D eigenvalue weighted by atomic mass is 16.4. The molecular formula is C16H15NO4. The standard InChI is InChI=1S/C16H15NO4/c1-11-2-7-15(19)14(8-11)17(10-18)9-12-3-5-13(6-4-12)16(20)21/h2-8,10,19H,9H2,1H3,(H,20,21). The van der Waals surface area contributed by atoms with Crippen LogP contribution in [0.15, 0.2) is 42.5 Å². The SMILES string of the molecule is Cc1ccc(O)c(N(C=O)Cc2ccc(C(=O)O)cc2)c1. The maximum Gasteiger partial charge on any atom is 0.335 e. The molecule has 0 bridgehead atoms. The Kier molecular flexibility index (Phi) is 4.23. The third kappa shape index (κ3) is 3.39. The molecule has 1 amide bonds. The fourth-order valence-electron chi connectivity index (χ4n) is 1.99. The molecule has 2 N–H and O–H groups in total. The maximum atomic E-state index is 11.3. The minimum absolute atomic E-state index is 0.0230. The molecule has 0 radical (unpaired) electrons. The van der Waals surface area contributed by atoms with Crippen LogP contribution >= 0.6 is 0 Å². The lowest BCUT2D eigenvalue weighted by molar-refractivity contribution is -0.107. The third-order valence-electron chi connectivity index (χ3n) is 3.12. The number of phenolic OH excluding ortho intramolecular Hbond substituents is 1. The van der Waals surface area contributed by atoms with Crippen LogP contribution in [-0.4, -0.2) is 22.6 Å². The van der Waals surface area contributed by atoms with Gasteiger partial charge in [0.15, 0.2) is 0 Å². The van der Waals surface area contributed by atoms with Crippen molar-refractivity contribution in [2.75, 3.05) is 4.90 Å². The Morgan fingerprint density at radius 3 is 2.43 bits per heavy atom. The first kappa shape index (κ1) is 14.6. The van der Waals surface area contributed by atoms with Gasteiger partial charge in [0.2, 0.25) is 6.41 Å². The van der Waals surface area contributed by atoms with E-state index in [9.17, 15) is 14.7 Å². The zero-order valence-corrected chi connectivity index (χ0v) is 11.5. The molecule has 0 saturated carbocycles. The topological polar surface area (TPSA) is 77.8 Å². The smallest absolute Gasteiger partial charge is 0.335 e. The number of rotatable bonds is 5. The zero-order valence-electron chi connectivity index (χ0n) is 11.5. The van der Waals surface area contributed by atoms with Gasteiger partial charge < -0.3 is 15.1 Å². The monoisotopic (exact) mass is 285 g/mol. The summed E-state index contributed by atoms with van der Waals surface area (Å²) in [7, 11) is 0. The summed E-state index contributed by atoms with van der Waals surface area (Å²) in [5.41, 5.74) is 2.31. The predicted molar refractivity (Wildman–Crippen MR) is 78.5 cm³/mol.